The summed E-state index contributed by atoms with van der Waals surface area (Å²) in [7, 11) is 0. The number of hydrogen-bond donors (Lipinski definition) is 1. The van der Waals surface area contributed by atoms with E-state index < -0.39 is 11.3 Å². The molecule has 12 heteroatoms. The first-order valence-electron chi connectivity index (χ1n) is 20.1. The lowest BCUT2D eigenvalue weighted by Crippen LogP contribution is -2.45. The molecule has 0 radical (unpaired) electrons. The van der Waals surface area contributed by atoms with E-state index in [0.717, 1.165) is 37.1 Å². The Bertz CT molecular complexity index is 1500. The zero-order valence-corrected chi connectivity index (χ0v) is 33.5. The number of ketones is 2. The van der Waals surface area contributed by atoms with Crippen LogP contribution in [-0.2, 0) is 44.5 Å². The predicted octanol–water partition coefficient (Wildman–Crippen LogP) is 5.44. The van der Waals surface area contributed by atoms with Crippen LogP contribution in [0.1, 0.15) is 82.1 Å². The largest absolute Gasteiger partial charge is 0.379 e. The number of rotatable bonds is 24. The summed E-state index contributed by atoms with van der Waals surface area (Å²) in [5.41, 5.74) is 2.22. The lowest BCUT2D eigenvalue weighted by Gasteiger charge is -2.37. The van der Waals surface area contributed by atoms with E-state index >= 15 is 0 Å². The van der Waals surface area contributed by atoms with Crippen molar-refractivity contribution >= 4 is 34.8 Å². The van der Waals surface area contributed by atoms with Gasteiger partial charge in [-0.1, -0.05) is 64.3 Å². The molecule has 1 N–H and O–H groups in total. The maximum atomic E-state index is 14.3. The Morgan fingerprint density at radius 1 is 0.764 bits per heavy atom. The van der Waals surface area contributed by atoms with Crippen LogP contribution in [-0.4, -0.2) is 115 Å². The summed E-state index contributed by atoms with van der Waals surface area (Å²) in [6.07, 6.45) is 5.66. The minimum atomic E-state index is -0.619. The minimum Gasteiger partial charge on any atom is -0.379 e. The monoisotopic (exact) mass is 765 g/mol. The highest BCUT2D eigenvalue weighted by atomic mass is 16.6. The summed E-state index contributed by atoms with van der Waals surface area (Å²) in [5.74, 6) is -1.18. The SMILES string of the molecule is CCOCCOCCOCCOCCOCCNC(=O)c1cccc(CC(=O)C[C@@H]2CN(C3CCCCC3)c3ccccc3N(CC(=O)C(C)(C)C)C2=O)c1. The third-order valence-corrected chi connectivity index (χ3v) is 9.96. The summed E-state index contributed by atoms with van der Waals surface area (Å²) in [5, 5.41) is 2.87. The topological polar surface area (TPSA) is 133 Å². The Kier molecular flexibility index (Phi) is 18.7. The van der Waals surface area contributed by atoms with Gasteiger partial charge in [0.05, 0.1) is 83.3 Å². The number of fused-ring (bicyclic) bond motifs is 1. The third kappa shape index (κ3) is 14.7. The van der Waals surface area contributed by atoms with Crippen molar-refractivity contribution in [3.05, 3.63) is 59.7 Å². The summed E-state index contributed by atoms with van der Waals surface area (Å²) in [6.45, 7) is 13.2. The fourth-order valence-corrected chi connectivity index (χ4v) is 6.88. The second-order valence-corrected chi connectivity index (χ2v) is 15.2. The first kappa shape index (κ1) is 44.0. The molecule has 2 aliphatic rings. The average Bonchev–Trinajstić information content (AvgIpc) is 3.28. The molecule has 2 amide bonds. The molecule has 1 saturated carbocycles. The van der Waals surface area contributed by atoms with Gasteiger partial charge in [-0.25, -0.2) is 0 Å². The van der Waals surface area contributed by atoms with E-state index in [0.29, 0.717) is 90.3 Å². The van der Waals surface area contributed by atoms with E-state index in [2.05, 4.69) is 10.2 Å². The zero-order chi connectivity index (χ0) is 39.5. The van der Waals surface area contributed by atoms with Crippen molar-refractivity contribution in [2.45, 2.75) is 78.7 Å². The van der Waals surface area contributed by atoms with Gasteiger partial charge in [-0.3, -0.25) is 19.2 Å². The van der Waals surface area contributed by atoms with E-state index in [-0.39, 0.29) is 48.8 Å². The zero-order valence-electron chi connectivity index (χ0n) is 33.5. The van der Waals surface area contributed by atoms with Crippen molar-refractivity contribution in [1.29, 1.82) is 0 Å². The van der Waals surface area contributed by atoms with Crippen molar-refractivity contribution in [3.63, 3.8) is 0 Å². The Balaban J connectivity index is 1.24. The normalized spacial score (nSPS) is 16.5. The molecular weight excluding hydrogens is 702 g/mol. The molecule has 2 aromatic rings. The summed E-state index contributed by atoms with van der Waals surface area (Å²) >= 11 is 0. The fraction of sp³-hybridized carbons (Fsp3) is 0.628. The van der Waals surface area contributed by atoms with Gasteiger partial charge in [0.25, 0.3) is 5.91 Å². The number of amides is 2. The molecule has 4 rings (SSSR count). The molecular formula is C43H63N3O9. The number of nitrogens with zero attached hydrogens (tertiary/aromatic N) is 2. The quantitative estimate of drug-likeness (QED) is 0.138. The molecule has 1 atom stereocenters. The predicted molar refractivity (Wildman–Crippen MR) is 213 cm³/mol. The van der Waals surface area contributed by atoms with E-state index in [1.807, 2.05) is 58.0 Å². The highest BCUT2D eigenvalue weighted by molar-refractivity contribution is 6.06. The number of carbonyl (C=O) groups excluding carboxylic acids is 4. The first-order chi connectivity index (χ1) is 26.6. The van der Waals surface area contributed by atoms with Crippen molar-refractivity contribution in [3.8, 4) is 0 Å². The van der Waals surface area contributed by atoms with Gasteiger partial charge < -0.3 is 38.8 Å². The van der Waals surface area contributed by atoms with Crippen LogP contribution in [0.5, 0.6) is 0 Å². The minimum absolute atomic E-state index is 0.0357. The molecule has 0 aromatic heterocycles. The first-order valence-corrected chi connectivity index (χ1v) is 20.1. The van der Waals surface area contributed by atoms with E-state index in [1.165, 1.54) is 6.42 Å². The maximum Gasteiger partial charge on any atom is 0.251 e. The number of anilines is 2. The van der Waals surface area contributed by atoms with Crippen molar-refractivity contribution in [2.24, 2.45) is 11.3 Å². The Morgan fingerprint density at radius 3 is 1.98 bits per heavy atom. The fourth-order valence-electron chi connectivity index (χ4n) is 6.88. The molecule has 0 unspecified atom stereocenters. The van der Waals surface area contributed by atoms with Crippen LogP contribution < -0.4 is 15.1 Å². The summed E-state index contributed by atoms with van der Waals surface area (Å²) in [4.78, 5) is 58.2. The number of Topliss-reactive ketones (excluding diaryl/α,β-unsaturated/α-hetero) is 2. The van der Waals surface area contributed by atoms with Gasteiger partial charge >= 0.3 is 0 Å². The maximum absolute atomic E-state index is 14.3. The number of ether oxygens (including phenoxy) is 5. The third-order valence-electron chi connectivity index (χ3n) is 9.96. The average molecular weight is 766 g/mol. The molecule has 1 heterocycles. The Morgan fingerprint density at radius 2 is 1.36 bits per heavy atom. The number of nitrogens with one attached hydrogen (secondary N) is 1. The lowest BCUT2D eigenvalue weighted by molar-refractivity contribution is -0.129. The molecule has 12 nitrogen and oxygen atoms in total. The van der Waals surface area contributed by atoms with Crippen molar-refractivity contribution in [2.75, 3.05) is 95.5 Å². The molecule has 0 bridgehead atoms. The number of para-hydroxylation sites is 2. The van der Waals surface area contributed by atoms with Crippen LogP contribution in [0.2, 0.25) is 0 Å². The second-order valence-electron chi connectivity index (χ2n) is 15.2. The van der Waals surface area contributed by atoms with Gasteiger partial charge in [-0.05, 0) is 49.6 Å². The highest BCUT2D eigenvalue weighted by Gasteiger charge is 2.39. The number of hydrogen-bond acceptors (Lipinski definition) is 10. The van der Waals surface area contributed by atoms with Crippen LogP contribution in [0, 0.1) is 11.3 Å². The van der Waals surface area contributed by atoms with Gasteiger partial charge in [0.1, 0.15) is 5.78 Å². The van der Waals surface area contributed by atoms with Crippen molar-refractivity contribution < 1.29 is 42.9 Å². The van der Waals surface area contributed by atoms with Gasteiger partial charge in [-0.15, -0.1) is 0 Å². The van der Waals surface area contributed by atoms with Gasteiger partial charge in [0.2, 0.25) is 5.91 Å². The van der Waals surface area contributed by atoms with E-state index in [1.54, 1.807) is 23.1 Å². The second kappa shape index (κ2) is 23.4. The number of carbonyl (C=O) groups is 4. The highest BCUT2D eigenvalue weighted by Crippen LogP contribution is 2.39. The van der Waals surface area contributed by atoms with Crippen molar-refractivity contribution in [1.82, 2.24) is 5.32 Å². The molecule has 2 aromatic carbocycles. The smallest absolute Gasteiger partial charge is 0.251 e. The number of benzene rings is 2. The molecule has 304 valence electrons. The standard InChI is InChI=1S/C43H63N3O9/c1-5-51-20-21-53-24-25-55-27-26-54-23-22-52-19-18-44-41(49)34-13-11-12-33(28-34)29-37(47)30-35-31-45(36-14-7-6-8-15-36)38-16-9-10-17-39(38)46(42(35)50)32-40(48)43(2,3)4/h9-13,16-17,28,35-36H,5-8,14-15,18-27,29-32H2,1-4H3,(H,44,49)/t35-/m1/s1. The summed E-state index contributed by atoms with van der Waals surface area (Å²) < 4.78 is 27.1. The Labute approximate surface area is 327 Å². The molecule has 0 spiro atoms. The molecule has 55 heavy (non-hydrogen) atoms. The van der Waals surface area contributed by atoms with Crippen LogP contribution in [0.3, 0.4) is 0 Å². The van der Waals surface area contributed by atoms with Crippen LogP contribution in [0.15, 0.2) is 48.5 Å². The van der Waals surface area contributed by atoms with E-state index in [4.69, 9.17) is 23.7 Å². The Hall–Kier alpha value is -3.68. The van der Waals surface area contributed by atoms with Crippen LogP contribution in [0.25, 0.3) is 0 Å². The van der Waals surface area contributed by atoms with Crippen LogP contribution in [0.4, 0.5) is 11.4 Å². The summed E-state index contributed by atoms with van der Waals surface area (Å²) in [6, 6.07) is 15.1. The molecule has 1 aliphatic heterocycles. The van der Waals surface area contributed by atoms with Gasteiger partial charge in [0, 0.05) is 49.6 Å². The van der Waals surface area contributed by atoms with Gasteiger partial charge in [-0.2, -0.15) is 0 Å². The van der Waals surface area contributed by atoms with E-state index in [9.17, 15) is 19.2 Å². The lowest BCUT2D eigenvalue weighted by atomic mass is 9.90. The molecule has 0 saturated heterocycles. The van der Waals surface area contributed by atoms with Crippen LogP contribution >= 0.6 is 0 Å². The van der Waals surface area contributed by atoms with Gasteiger partial charge in [0.15, 0.2) is 5.78 Å². The molecule has 1 aliphatic carbocycles. The molecule has 1 fully saturated rings.